The van der Waals surface area contributed by atoms with Crippen molar-refractivity contribution in [3.63, 3.8) is 0 Å². The Labute approximate surface area is 83.7 Å². The van der Waals surface area contributed by atoms with Gasteiger partial charge in [0.1, 0.15) is 17.6 Å². The average Bonchev–Trinajstić information content (AvgIpc) is 2.19. The third-order valence-corrected chi connectivity index (χ3v) is 2.41. The van der Waals surface area contributed by atoms with Gasteiger partial charge in [0.05, 0.1) is 0 Å². The van der Waals surface area contributed by atoms with Gasteiger partial charge in [0, 0.05) is 6.07 Å². The molecule has 0 spiro atoms. The van der Waals surface area contributed by atoms with Crippen molar-refractivity contribution in [3.8, 4) is 11.5 Å². The van der Waals surface area contributed by atoms with Crippen LogP contribution < -0.4 is 10.1 Å². The standard InChI is InChI=1S/C11H15NO2/c13-9-2-1-3-11(8-9)14-10-4-6-12-7-5-10/h1-3,8,10,12-13H,4-7H2. The van der Waals surface area contributed by atoms with Crippen LogP contribution >= 0.6 is 0 Å². The van der Waals surface area contributed by atoms with Gasteiger partial charge in [-0.3, -0.25) is 0 Å². The smallest absolute Gasteiger partial charge is 0.123 e. The zero-order valence-electron chi connectivity index (χ0n) is 8.07. The Morgan fingerprint density at radius 3 is 2.79 bits per heavy atom. The van der Waals surface area contributed by atoms with Gasteiger partial charge >= 0.3 is 0 Å². The molecule has 0 amide bonds. The van der Waals surface area contributed by atoms with Crippen LogP contribution in [0.4, 0.5) is 0 Å². The average molecular weight is 193 g/mol. The monoisotopic (exact) mass is 193 g/mol. The summed E-state index contributed by atoms with van der Waals surface area (Å²) in [5.74, 6) is 1.02. The van der Waals surface area contributed by atoms with E-state index in [1.165, 1.54) is 0 Å². The van der Waals surface area contributed by atoms with E-state index in [2.05, 4.69) is 5.32 Å². The first kappa shape index (κ1) is 9.34. The number of piperidine rings is 1. The fourth-order valence-corrected chi connectivity index (χ4v) is 1.66. The summed E-state index contributed by atoms with van der Waals surface area (Å²) >= 11 is 0. The molecule has 0 aromatic heterocycles. The first-order chi connectivity index (χ1) is 6.84. The van der Waals surface area contributed by atoms with Crippen molar-refractivity contribution in [3.05, 3.63) is 24.3 Å². The maximum atomic E-state index is 9.25. The molecule has 0 unspecified atom stereocenters. The third-order valence-electron chi connectivity index (χ3n) is 2.41. The summed E-state index contributed by atoms with van der Waals surface area (Å²) in [7, 11) is 0. The summed E-state index contributed by atoms with van der Waals surface area (Å²) in [5, 5.41) is 12.5. The van der Waals surface area contributed by atoms with Crippen molar-refractivity contribution in [2.24, 2.45) is 0 Å². The van der Waals surface area contributed by atoms with Crippen LogP contribution in [-0.2, 0) is 0 Å². The summed E-state index contributed by atoms with van der Waals surface area (Å²) < 4.78 is 5.74. The van der Waals surface area contributed by atoms with E-state index in [0.29, 0.717) is 0 Å². The zero-order chi connectivity index (χ0) is 9.80. The number of nitrogens with one attached hydrogen (secondary N) is 1. The number of rotatable bonds is 2. The molecule has 1 aromatic rings. The Morgan fingerprint density at radius 2 is 2.07 bits per heavy atom. The Hall–Kier alpha value is -1.22. The number of hydrogen-bond donors (Lipinski definition) is 2. The van der Waals surface area contributed by atoms with Crippen molar-refractivity contribution in [2.75, 3.05) is 13.1 Å². The molecule has 0 bridgehead atoms. The zero-order valence-corrected chi connectivity index (χ0v) is 8.07. The molecule has 76 valence electrons. The number of phenols is 1. The third kappa shape index (κ3) is 2.39. The summed E-state index contributed by atoms with van der Waals surface area (Å²) in [6.45, 7) is 2.03. The van der Waals surface area contributed by atoms with Gasteiger partial charge in [-0.1, -0.05) is 6.07 Å². The fourth-order valence-electron chi connectivity index (χ4n) is 1.66. The van der Waals surface area contributed by atoms with Gasteiger partial charge in [-0.05, 0) is 38.1 Å². The molecule has 0 saturated carbocycles. The molecule has 1 aliphatic heterocycles. The Balaban J connectivity index is 1.95. The van der Waals surface area contributed by atoms with Crippen LogP contribution in [0.5, 0.6) is 11.5 Å². The molecule has 3 nitrogen and oxygen atoms in total. The normalized spacial score (nSPS) is 18.0. The van der Waals surface area contributed by atoms with Crippen LogP contribution in [0.15, 0.2) is 24.3 Å². The van der Waals surface area contributed by atoms with Crippen molar-refractivity contribution in [1.82, 2.24) is 5.32 Å². The minimum Gasteiger partial charge on any atom is -0.508 e. The number of hydrogen-bond acceptors (Lipinski definition) is 3. The van der Waals surface area contributed by atoms with Crippen LogP contribution in [0.1, 0.15) is 12.8 Å². The van der Waals surface area contributed by atoms with Crippen molar-refractivity contribution >= 4 is 0 Å². The molecule has 0 aliphatic carbocycles. The molecule has 1 heterocycles. The van der Waals surface area contributed by atoms with Gasteiger partial charge in [-0.2, -0.15) is 0 Å². The molecule has 0 atom stereocenters. The van der Waals surface area contributed by atoms with Crippen LogP contribution in [0.2, 0.25) is 0 Å². The summed E-state index contributed by atoms with van der Waals surface area (Å²) in [4.78, 5) is 0. The summed E-state index contributed by atoms with van der Waals surface area (Å²) in [5.41, 5.74) is 0. The van der Waals surface area contributed by atoms with Gasteiger partial charge in [-0.25, -0.2) is 0 Å². The van der Waals surface area contributed by atoms with Gasteiger partial charge in [0.2, 0.25) is 0 Å². The lowest BCUT2D eigenvalue weighted by Crippen LogP contribution is -2.34. The van der Waals surface area contributed by atoms with Crippen molar-refractivity contribution < 1.29 is 9.84 Å². The first-order valence-corrected chi connectivity index (χ1v) is 5.01. The summed E-state index contributed by atoms with van der Waals surface area (Å²) in [6.07, 6.45) is 2.36. The second-order valence-electron chi connectivity index (χ2n) is 3.56. The van der Waals surface area contributed by atoms with E-state index in [0.717, 1.165) is 31.7 Å². The molecular formula is C11H15NO2. The minimum absolute atomic E-state index is 0.261. The Bertz CT molecular complexity index is 295. The van der Waals surface area contributed by atoms with Crippen LogP contribution in [0, 0.1) is 0 Å². The molecule has 1 fully saturated rings. The van der Waals surface area contributed by atoms with E-state index in [9.17, 15) is 5.11 Å². The van der Waals surface area contributed by atoms with E-state index in [4.69, 9.17) is 4.74 Å². The highest BCUT2D eigenvalue weighted by Crippen LogP contribution is 2.20. The highest BCUT2D eigenvalue weighted by Gasteiger charge is 2.14. The number of aromatic hydroxyl groups is 1. The van der Waals surface area contributed by atoms with E-state index < -0.39 is 0 Å². The van der Waals surface area contributed by atoms with Gasteiger partial charge < -0.3 is 15.2 Å². The molecule has 2 rings (SSSR count). The fraction of sp³-hybridized carbons (Fsp3) is 0.455. The highest BCUT2D eigenvalue weighted by atomic mass is 16.5. The first-order valence-electron chi connectivity index (χ1n) is 5.01. The largest absolute Gasteiger partial charge is 0.508 e. The quantitative estimate of drug-likeness (QED) is 0.748. The minimum atomic E-state index is 0.261. The van der Waals surface area contributed by atoms with Crippen LogP contribution in [0.3, 0.4) is 0 Å². The molecule has 1 saturated heterocycles. The molecular weight excluding hydrogens is 178 g/mol. The lowest BCUT2D eigenvalue weighted by Gasteiger charge is -2.23. The second-order valence-corrected chi connectivity index (χ2v) is 3.56. The molecule has 14 heavy (non-hydrogen) atoms. The van der Waals surface area contributed by atoms with E-state index in [-0.39, 0.29) is 11.9 Å². The predicted molar refractivity (Wildman–Crippen MR) is 54.6 cm³/mol. The van der Waals surface area contributed by atoms with E-state index >= 15 is 0 Å². The van der Waals surface area contributed by atoms with E-state index in [1.54, 1.807) is 18.2 Å². The maximum Gasteiger partial charge on any atom is 0.123 e. The van der Waals surface area contributed by atoms with E-state index in [1.807, 2.05) is 6.07 Å². The topological polar surface area (TPSA) is 41.5 Å². The molecule has 0 radical (unpaired) electrons. The lowest BCUT2D eigenvalue weighted by atomic mass is 10.1. The number of phenolic OH excluding ortho intramolecular Hbond substituents is 1. The highest BCUT2D eigenvalue weighted by molar-refractivity contribution is 5.31. The van der Waals surface area contributed by atoms with Gasteiger partial charge in [0.25, 0.3) is 0 Å². The lowest BCUT2D eigenvalue weighted by molar-refractivity contribution is 0.162. The molecule has 2 N–H and O–H groups in total. The van der Waals surface area contributed by atoms with Gasteiger partial charge in [0.15, 0.2) is 0 Å². The summed E-state index contributed by atoms with van der Waals surface area (Å²) in [6, 6.07) is 6.98. The van der Waals surface area contributed by atoms with Gasteiger partial charge in [-0.15, -0.1) is 0 Å². The molecule has 1 aromatic carbocycles. The Morgan fingerprint density at radius 1 is 1.29 bits per heavy atom. The van der Waals surface area contributed by atoms with Crippen molar-refractivity contribution in [1.29, 1.82) is 0 Å². The van der Waals surface area contributed by atoms with Crippen LogP contribution in [0.25, 0.3) is 0 Å². The predicted octanol–water partition coefficient (Wildman–Crippen LogP) is 1.52. The maximum absolute atomic E-state index is 9.25. The number of ether oxygens (including phenoxy) is 1. The number of benzene rings is 1. The second kappa shape index (κ2) is 4.33. The molecule has 3 heteroatoms. The van der Waals surface area contributed by atoms with Crippen LogP contribution in [-0.4, -0.2) is 24.3 Å². The SMILES string of the molecule is Oc1cccc(OC2CCNCC2)c1. The molecule has 1 aliphatic rings. The van der Waals surface area contributed by atoms with Crippen molar-refractivity contribution in [2.45, 2.75) is 18.9 Å². The Kier molecular flexibility index (Phi) is 2.89.